The Morgan fingerprint density at radius 1 is 1.27 bits per heavy atom. The molecule has 1 amide bonds. The molecule has 4 heteroatoms. The third-order valence-corrected chi connectivity index (χ3v) is 3.41. The average molecular weight is 326 g/mol. The number of hydrogen-bond acceptors (Lipinski definition) is 2. The van der Waals surface area contributed by atoms with Crippen molar-refractivity contribution in [2.45, 2.75) is 66.0 Å². The van der Waals surface area contributed by atoms with Gasteiger partial charge in [0.2, 0.25) is 0 Å². The molecule has 0 unspecified atom stereocenters. The molecule has 0 radical (unpaired) electrons. The van der Waals surface area contributed by atoms with Gasteiger partial charge in [-0.15, -0.1) is 0 Å². The van der Waals surface area contributed by atoms with Gasteiger partial charge < -0.3 is 10.1 Å². The molecule has 1 N–H and O–H groups in total. The van der Waals surface area contributed by atoms with Crippen LogP contribution in [0.2, 0.25) is 5.02 Å². The summed E-state index contributed by atoms with van der Waals surface area (Å²) in [6, 6.07) is 7.12. The van der Waals surface area contributed by atoms with Crippen molar-refractivity contribution in [3.63, 3.8) is 0 Å². The van der Waals surface area contributed by atoms with Crippen molar-refractivity contribution in [1.29, 1.82) is 0 Å². The summed E-state index contributed by atoms with van der Waals surface area (Å²) in [5.74, 6) is 0.528. The Labute approximate surface area is 139 Å². The molecule has 124 valence electrons. The molecule has 0 aliphatic rings. The van der Waals surface area contributed by atoms with Gasteiger partial charge in [-0.05, 0) is 50.3 Å². The molecule has 3 nitrogen and oxygen atoms in total. The third kappa shape index (κ3) is 6.69. The highest BCUT2D eigenvalue weighted by atomic mass is 35.5. The Morgan fingerprint density at radius 2 is 1.91 bits per heavy atom. The van der Waals surface area contributed by atoms with E-state index in [1.807, 2.05) is 32.9 Å². The molecule has 0 aliphatic heterocycles. The van der Waals surface area contributed by atoms with Crippen molar-refractivity contribution in [2.24, 2.45) is 5.41 Å². The molecule has 0 spiro atoms. The van der Waals surface area contributed by atoms with Gasteiger partial charge in [-0.1, -0.05) is 45.4 Å². The fourth-order valence-electron chi connectivity index (χ4n) is 2.81. The van der Waals surface area contributed by atoms with E-state index in [1.54, 1.807) is 12.1 Å². The molecule has 0 aromatic heterocycles. The number of carbonyl (C=O) groups is 1. The number of hydrogen-bond donors (Lipinski definition) is 1. The lowest BCUT2D eigenvalue weighted by atomic mass is 9.81. The zero-order valence-corrected chi connectivity index (χ0v) is 15.3. The number of carbonyl (C=O) groups excluding carboxylic acids is 1. The van der Waals surface area contributed by atoms with Gasteiger partial charge in [0.05, 0.1) is 0 Å². The Balaban J connectivity index is 2.72. The number of nitrogens with one attached hydrogen (secondary N) is 1. The van der Waals surface area contributed by atoms with Crippen LogP contribution in [0, 0.1) is 5.41 Å². The first-order valence-electron chi connectivity index (χ1n) is 7.77. The summed E-state index contributed by atoms with van der Waals surface area (Å²) in [6.07, 6.45) is 0.973. The van der Waals surface area contributed by atoms with Gasteiger partial charge in [0, 0.05) is 10.6 Å². The maximum atomic E-state index is 12.5. The lowest BCUT2D eigenvalue weighted by Gasteiger charge is -2.34. The van der Waals surface area contributed by atoms with Crippen molar-refractivity contribution in [1.82, 2.24) is 5.32 Å². The quantitative estimate of drug-likeness (QED) is 0.813. The van der Waals surface area contributed by atoms with Gasteiger partial charge in [0.25, 0.3) is 5.91 Å². The van der Waals surface area contributed by atoms with E-state index in [0.717, 1.165) is 6.42 Å². The minimum atomic E-state index is -0.516. The number of benzene rings is 1. The predicted molar refractivity (Wildman–Crippen MR) is 92.5 cm³/mol. The number of halogens is 1. The maximum absolute atomic E-state index is 12.5. The van der Waals surface area contributed by atoms with Crippen LogP contribution in [-0.4, -0.2) is 17.6 Å². The van der Waals surface area contributed by atoms with Crippen LogP contribution < -0.4 is 10.1 Å². The minimum Gasteiger partial charge on any atom is -0.481 e. The summed E-state index contributed by atoms with van der Waals surface area (Å²) in [4.78, 5) is 12.5. The molecule has 0 saturated carbocycles. The SMILES string of the molecule is CC[C@@H](Oc1cccc(Cl)c1)C(=O)NC(C)(C)CC(C)(C)C. The monoisotopic (exact) mass is 325 g/mol. The second-order valence-corrected chi connectivity index (χ2v) is 8.02. The minimum absolute atomic E-state index is 0.0864. The van der Waals surface area contributed by atoms with E-state index in [2.05, 4.69) is 26.1 Å². The molecule has 1 rings (SSSR count). The summed E-state index contributed by atoms with van der Waals surface area (Å²) >= 11 is 5.95. The van der Waals surface area contributed by atoms with Gasteiger partial charge in [-0.3, -0.25) is 4.79 Å². The van der Waals surface area contributed by atoms with E-state index < -0.39 is 6.10 Å². The van der Waals surface area contributed by atoms with Gasteiger partial charge in [0.15, 0.2) is 6.10 Å². The summed E-state index contributed by atoms with van der Waals surface area (Å²) < 4.78 is 5.79. The molecular formula is C18H28ClNO2. The zero-order valence-electron chi connectivity index (χ0n) is 14.5. The lowest BCUT2D eigenvalue weighted by Crippen LogP contribution is -2.50. The van der Waals surface area contributed by atoms with Gasteiger partial charge >= 0.3 is 0 Å². The molecule has 0 aliphatic carbocycles. The molecule has 0 fully saturated rings. The first-order valence-corrected chi connectivity index (χ1v) is 8.14. The Kier molecular flexibility index (Phi) is 6.30. The van der Waals surface area contributed by atoms with Crippen LogP contribution in [0.15, 0.2) is 24.3 Å². The summed E-state index contributed by atoms with van der Waals surface area (Å²) in [5.41, 5.74) is -0.132. The lowest BCUT2D eigenvalue weighted by molar-refractivity contribution is -0.130. The Hall–Kier alpha value is -1.22. The van der Waals surface area contributed by atoms with Crippen LogP contribution in [0.3, 0.4) is 0 Å². The van der Waals surface area contributed by atoms with Gasteiger partial charge in [-0.25, -0.2) is 0 Å². The van der Waals surface area contributed by atoms with E-state index in [-0.39, 0.29) is 16.9 Å². The van der Waals surface area contributed by atoms with Crippen LogP contribution in [0.5, 0.6) is 5.75 Å². The highest BCUT2D eigenvalue weighted by Gasteiger charge is 2.30. The van der Waals surface area contributed by atoms with E-state index >= 15 is 0 Å². The largest absolute Gasteiger partial charge is 0.481 e. The first kappa shape index (κ1) is 18.8. The highest BCUT2D eigenvalue weighted by Crippen LogP contribution is 2.27. The van der Waals surface area contributed by atoms with Gasteiger partial charge in [0.1, 0.15) is 5.75 Å². The number of amides is 1. The smallest absolute Gasteiger partial charge is 0.261 e. The van der Waals surface area contributed by atoms with Crippen LogP contribution in [0.1, 0.15) is 54.4 Å². The number of rotatable bonds is 6. The average Bonchev–Trinajstić information content (AvgIpc) is 2.32. The van der Waals surface area contributed by atoms with E-state index in [1.165, 1.54) is 0 Å². The summed E-state index contributed by atoms with van der Waals surface area (Å²) in [6.45, 7) is 12.5. The second-order valence-electron chi connectivity index (χ2n) is 7.58. The fourth-order valence-corrected chi connectivity index (χ4v) is 2.99. The first-order chi connectivity index (χ1) is 10.0. The molecule has 1 atom stereocenters. The van der Waals surface area contributed by atoms with Crippen molar-refractivity contribution in [2.75, 3.05) is 0 Å². The fraction of sp³-hybridized carbons (Fsp3) is 0.611. The van der Waals surface area contributed by atoms with Crippen molar-refractivity contribution in [3.8, 4) is 5.75 Å². The maximum Gasteiger partial charge on any atom is 0.261 e. The van der Waals surface area contributed by atoms with Crippen LogP contribution >= 0.6 is 11.6 Å². The van der Waals surface area contributed by atoms with Crippen LogP contribution in [0.25, 0.3) is 0 Å². The van der Waals surface area contributed by atoms with E-state index in [9.17, 15) is 4.79 Å². The zero-order chi connectivity index (χ0) is 17.0. The van der Waals surface area contributed by atoms with Crippen LogP contribution in [0.4, 0.5) is 0 Å². The van der Waals surface area contributed by atoms with Gasteiger partial charge in [-0.2, -0.15) is 0 Å². The normalized spacial score (nSPS) is 13.6. The van der Waals surface area contributed by atoms with Crippen molar-refractivity contribution < 1.29 is 9.53 Å². The summed E-state index contributed by atoms with van der Waals surface area (Å²) in [7, 11) is 0. The Morgan fingerprint density at radius 3 is 2.41 bits per heavy atom. The molecule has 1 aromatic rings. The number of ether oxygens (including phenoxy) is 1. The standard InChI is InChI=1S/C18H28ClNO2/c1-7-15(22-14-10-8-9-13(19)11-14)16(21)20-18(5,6)12-17(2,3)4/h8-11,15H,7,12H2,1-6H3,(H,20,21)/t15-/m1/s1. The second kappa shape index (κ2) is 7.36. The van der Waals surface area contributed by atoms with E-state index in [0.29, 0.717) is 17.2 Å². The Bertz CT molecular complexity index is 506. The third-order valence-electron chi connectivity index (χ3n) is 3.17. The topological polar surface area (TPSA) is 38.3 Å². The molecule has 0 bridgehead atoms. The highest BCUT2D eigenvalue weighted by molar-refractivity contribution is 6.30. The predicted octanol–water partition coefficient (Wildman–Crippen LogP) is 4.83. The van der Waals surface area contributed by atoms with Crippen LogP contribution in [-0.2, 0) is 4.79 Å². The summed E-state index contributed by atoms with van der Waals surface area (Å²) in [5, 5.41) is 3.70. The molecular weight excluding hydrogens is 298 g/mol. The molecule has 0 heterocycles. The van der Waals surface area contributed by atoms with E-state index in [4.69, 9.17) is 16.3 Å². The molecule has 1 aromatic carbocycles. The van der Waals surface area contributed by atoms with Crippen molar-refractivity contribution in [3.05, 3.63) is 29.3 Å². The molecule has 22 heavy (non-hydrogen) atoms. The molecule has 0 saturated heterocycles. The van der Waals surface area contributed by atoms with Crippen molar-refractivity contribution >= 4 is 17.5 Å².